The highest BCUT2D eigenvalue weighted by molar-refractivity contribution is 5.88. The maximum atomic E-state index is 11.6. The number of hydrogen-bond donors (Lipinski definition) is 1. The van der Waals surface area contributed by atoms with Gasteiger partial charge in [-0.1, -0.05) is 18.2 Å². The number of aryl methyl sites for hydroxylation is 3. The summed E-state index contributed by atoms with van der Waals surface area (Å²) >= 11 is 0. The van der Waals surface area contributed by atoms with Crippen molar-refractivity contribution in [3.63, 3.8) is 0 Å². The van der Waals surface area contributed by atoms with Crippen LogP contribution >= 0.6 is 0 Å². The zero-order chi connectivity index (χ0) is 16.4. The predicted molar refractivity (Wildman–Crippen MR) is 87.3 cm³/mol. The van der Waals surface area contributed by atoms with E-state index in [1.807, 2.05) is 37.3 Å². The lowest BCUT2D eigenvalue weighted by Gasteiger charge is -2.11. The minimum Gasteiger partial charge on any atom is -0.496 e. The molecule has 0 spiro atoms. The molecular weight excluding hydrogens is 292 g/mol. The van der Waals surface area contributed by atoms with E-state index < -0.39 is 5.97 Å². The Kier molecular flexibility index (Phi) is 4.02. The summed E-state index contributed by atoms with van der Waals surface area (Å²) in [7, 11) is 1.65. The Morgan fingerprint density at radius 3 is 2.70 bits per heavy atom. The summed E-state index contributed by atoms with van der Waals surface area (Å²) in [6.45, 7) is 2.02. The first-order valence-electron chi connectivity index (χ1n) is 7.42. The highest BCUT2D eigenvalue weighted by Crippen LogP contribution is 2.23. The third kappa shape index (κ3) is 2.90. The van der Waals surface area contributed by atoms with E-state index in [1.54, 1.807) is 23.9 Å². The van der Waals surface area contributed by atoms with Gasteiger partial charge in [0.05, 0.1) is 7.11 Å². The molecule has 0 saturated heterocycles. The Morgan fingerprint density at radius 2 is 1.96 bits per heavy atom. The normalized spacial score (nSPS) is 10.9. The standard InChI is InChI=1S/C18H18N2O3/c1-12-3-4-13(15(11-12)23-2)5-6-14-7-8-16-19-9-10-20(16)17(14)18(21)22/h3-4,7-11H,5-6H2,1-2H3,(H,21,22). The second kappa shape index (κ2) is 6.12. The fourth-order valence-electron chi connectivity index (χ4n) is 2.81. The summed E-state index contributed by atoms with van der Waals surface area (Å²) in [5, 5.41) is 9.54. The van der Waals surface area contributed by atoms with Gasteiger partial charge in [-0.3, -0.25) is 4.40 Å². The van der Waals surface area contributed by atoms with E-state index in [0.29, 0.717) is 18.5 Å². The van der Waals surface area contributed by atoms with Crippen molar-refractivity contribution < 1.29 is 14.6 Å². The summed E-state index contributed by atoms with van der Waals surface area (Å²) in [6.07, 6.45) is 4.61. The molecule has 5 heteroatoms. The first-order valence-corrected chi connectivity index (χ1v) is 7.42. The number of aromatic nitrogens is 2. The number of fused-ring (bicyclic) bond motifs is 1. The third-order valence-corrected chi connectivity index (χ3v) is 3.96. The molecule has 3 rings (SSSR count). The van der Waals surface area contributed by atoms with Crippen molar-refractivity contribution in [2.75, 3.05) is 7.11 Å². The van der Waals surface area contributed by atoms with E-state index in [9.17, 15) is 9.90 Å². The Bertz CT molecular complexity index is 868. The van der Waals surface area contributed by atoms with Gasteiger partial charge >= 0.3 is 5.97 Å². The average molecular weight is 310 g/mol. The quantitative estimate of drug-likeness (QED) is 0.786. The van der Waals surface area contributed by atoms with Crippen molar-refractivity contribution in [3.05, 3.63) is 65.1 Å². The number of rotatable bonds is 5. The van der Waals surface area contributed by atoms with E-state index >= 15 is 0 Å². The maximum absolute atomic E-state index is 11.6. The van der Waals surface area contributed by atoms with Crippen molar-refractivity contribution in [1.29, 1.82) is 0 Å². The van der Waals surface area contributed by atoms with Gasteiger partial charge in [-0.05, 0) is 48.6 Å². The molecule has 118 valence electrons. The fourth-order valence-corrected chi connectivity index (χ4v) is 2.81. The molecule has 5 nitrogen and oxygen atoms in total. The molecule has 0 amide bonds. The number of nitrogens with zero attached hydrogens (tertiary/aromatic N) is 2. The number of carboxylic acids is 1. The van der Waals surface area contributed by atoms with Crippen LogP contribution in [0.2, 0.25) is 0 Å². The van der Waals surface area contributed by atoms with Gasteiger partial charge in [-0.15, -0.1) is 0 Å². The summed E-state index contributed by atoms with van der Waals surface area (Å²) < 4.78 is 7.03. The number of aromatic carboxylic acids is 1. The Balaban J connectivity index is 1.93. The molecule has 0 aliphatic rings. The largest absolute Gasteiger partial charge is 0.496 e. The molecular formula is C18H18N2O3. The smallest absolute Gasteiger partial charge is 0.353 e. The van der Waals surface area contributed by atoms with Crippen LogP contribution in [0, 0.1) is 6.92 Å². The number of carbonyl (C=O) groups is 1. The molecule has 3 aromatic rings. The molecule has 0 aliphatic heterocycles. The Morgan fingerprint density at radius 1 is 1.22 bits per heavy atom. The topological polar surface area (TPSA) is 63.8 Å². The maximum Gasteiger partial charge on any atom is 0.353 e. The van der Waals surface area contributed by atoms with Crippen LogP contribution in [0.4, 0.5) is 0 Å². The number of pyridine rings is 1. The molecule has 2 aromatic heterocycles. The van der Waals surface area contributed by atoms with Crippen LogP contribution in [0.3, 0.4) is 0 Å². The molecule has 0 aliphatic carbocycles. The molecule has 1 N–H and O–H groups in total. The summed E-state index contributed by atoms with van der Waals surface area (Å²) in [5.41, 5.74) is 3.90. The van der Waals surface area contributed by atoms with Gasteiger partial charge in [-0.2, -0.15) is 0 Å². The van der Waals surface area contributed by atoms with Crippen molar-refractivity contribution in [2.24, 2.45) is 0 Å². The van der Waals surface area contributed by atoms with Crippen molar-refractivity contribution >= 4 is 11.6 Å². The van der Waals surface area contributed by atoms with E-state index in [0.717, 1.165) is 22.4 Å². The highest BCUT2D eigenvalue weighted by atomic mass is 16.5. The van der Waals surface area contributed by atoms with E-state index in [4.69, 9.17) is 4.74 Å². The minimum atomic E-state index is -0.945. The minimum absolute atomic E-state index is 0.270. The van der Waals surface area contributed by atoms with E-state index in [1.165, 1.54) is 0 Å². The van der Waals surface area contributed by atoms with E-state index in [-0.39, 0.29) is 5.69 Å². The number of carboxylic acid groups (broad SMARTS) is 1. The first-order chi connectivity index (χ1) is 11.1. The second-order valence-electron chi connectivity index (χ2n) is 5.48. The van der Waals surface area contributed by atoms with Gasteiger partial charge in [0.25, 0.3) is 0 Å². The average Bonchev–Trinajstić information content (AvgIpc) is 3.01. The lowest BCUT2D eigenvalue weighted by molar-refractivity contribution is 0.0687. The van der Waals surface area contributed by atoms with Gasteiger partial charge in [0, 0.05) is 12.4 Å². The highest BCUT2D eigenvalue weighted by Gasteiger charge is 2.15. The van der Waals surface area contributed by atoms with Gasteiger partial charge < -0.3 is 9.84 Å². The van der Waals surface area contributed by atoms with Gasteiger partial charge in [0.2, 0.25) is 0 Å². The Labute approximate surface area is 134 Å². The summed E-state index contributed by atoms with van der Waals surface area (Å²) in [6, 6.07) is 9.74. The summed E-state index contributed by atoms with van der Waals surface area (Å²) in [4.78, 5) is 15.8. The predicted octanol–water partition coefficient (Wildman–Crippen LogP) is 3.13. The lowest BCUT2D eigenvalue weighted by atomic mass is 10.0. The molecule has 1 aromatic carbocycles. The van der Waals surface area contributed by atoms with Crippen LogP contribution in [0.25, 0.3) is 5.65 Å². The van der Waals surface area contributed by atoms with E-state index in [2.05, 4.69) is 4.98 Å². The molecule has 0 fully saturated rings. The fraction of sp³-hybridized carbons (Fsp3) is 0.222. The number of hydrogen-bond acceptors (Lipinski definition) is 3. The number of benzene rings is 1. The van der Waals surface area contributed by atoms with Crippen LogP contribution in [-0.4, -0.2) is 27.6 Å². The number of ether oxygens (including phenoxy) is 1. The first kappa shape index (κ1) is 15.1. The number of imidazole rings is 1. The van der Waals surface area contributed by atoms with Gasteiger partial charge in [-0.25, -0.2) is 9.78 Å². The van der Waals surface area contributed by atoms with Gasteiger partial charge in [0.15, 0.2) is 0 Å². The lowest BCUT2D eigenvalue weighted by Crippen LogP contribution is -2.10. The second-order valence-corrected chi connectivity index (χ2v) is 5.48. The molecule has 23 heavy (non-hydrogen) atoms. The zero-order valence-electron chi connectivity index (χ0n) is 13.1. The molecule has 0 radical (unpaired) electrons. The van der Waals surface area contributed by atoms with Crippen LogP contribution in [0.15, 0.2) is 42.7 Å². The molecule has 0 unspecified atom stereocenters. The van der Waals surface area contributed by atoms with Crippen molar-refractivity contribution in [3.8, 4) is 5.75 Å². The number of methoxy groups -OCH3 is 1. The monoisotopic (exact) mass is 310 g/mol. The molecule has 2 heterocycles. The van der Waals surface area contributed by atoms with Crippen LogP contribution in [0.1, 0.15) is 27.2 Å². The van der Waals surface area contributed by atoms with Crippen LogP contribution < -0.4 is 4.74 Å². The van der Waals surface area contributed by atoms with Crippen LogP contribution in [0.5, 0.6) is 5.75 Å². The van der Waals surface area contributed by atoms with Crippen molar-refractivity contribution in [1.82, 2.24) is 9.38 Å². The molecule has 0 bridgehead atoms. The molecule has 0 atom stereocenters. The summed E-state index contributed by atoms with van der Waals surface area (Å²) in [5.74, 6) is -0.106. The van der Waals surface area contributed by atoms with Crippen LogP contribution in [-0.2, 0) is 12.8 Å². The zero-order valence-corrected chi connectivity index (χ0v) is 13.1. The van der Waals surface area contributed by atoms with Gasteiger partial charge in [0.1, 0.15) is 17.1 Å². The van der Waals surface area contributed by atoms with Crippen molar-refractivity contribution in [2.45, 2.75) is 19.8 Å². The SMILES string of the molecule is COc1cc(C)ccc1CCc1ccc2nccn2c1C(=O)O. The molecule has 0 saturated carbocycles. The third-order valence-electron chi connectivity index (χ3n) is 3.96. The Hall–Kier alpha value is -2.82.